The molecule has 1 unspecified atom stereocenters. The Morgan fingerprint density at radius 1 is 1.13 bits per heavy atom. The van der Waals surface area contributed by atoms with Crippen molar-refractivity contribution in [3.63, 3.8) is 0 Å². The van der Waals surface area contributed by atoms with Crippen LogP contribution < -0.4 is 10.6 Å². The van der Waals surface area contributed by atoms with Crippen molar-refractivity contribution in [2.24, 2.45) is 0 Å². The van der Waals surface area contributed by atoms with Crippen LogP contribution in [0.25, 0.3) is 0 Å². The molecule has 2 heterocycles. The van der Waals surface area contributed by atoms with E-state index in [9.17, 15) is 14.0 Å². The van der Waals surface area contributed by atoms with Crippen molar-refractivity contribution in [3.05, 3.63) is 76.9 Å². The van der Waals surface area contributed by atoms with Gasteiger partial charge in [-0.2, -0.15) is 5.26 Å². The Kier molecular flexibility index (Phi) is 8.22. The zero-order valence-electron chi connectivity index (χ0n) is 21.5. The molecule has 1 saturated carbocycles. The molecule has 1 aliphatic carbocycles. The number of hydrogen-bond donors (Lipinski definition) is 3. The van der Waals surface area contributed by atoms with Gasteiger partial charge in [0.2, 0.25) is 5.91 Å². The number of benzene rings is 2. The van der Waals surface area contributed by atoms with Crippen LogP contribution in [0.5, 0.6) is 0 Å². The summed E-state index contributed by atoms with van der Waals surface area (Å²) >= 11 is 0. The Bertz CT molecular complexity index is 1300. The lowest BCUT2D eigenvalue weighted by Crippen LogP contribution is -2.50. The third-order valence-electron chi connectivity index (χ3n) is 7.60. The minimum atomic E-state index is -0.662. The van der Waals surface area contributed by atoms with Crippen LogP contribution in [0.2, 0.25) is 0 Å². The van der Waals surface area contributed by atoms with Gasteiger partial charge in [-0.25, -0.2) is 9.49 Å². The standard InChI is InChI=1S/C28H31FN8O2/c29-22-9-7-19(8-10-22)23-16-25(23)31-13-1-2-24(32-27(38)21-5-3-18(17-30)4-6-21)28(39)37-14-11-20(12-15-37)26-33-35-36-34-26/h3-10,20,23-25,31H,1-2,11-16H2,(H,32,38)(H,33,34,35,36)/t23-,24-,25?/m0/s1. The maximum absolute atomic E-state index is 13.5. The van der Waals surface area contributed by atoms with Gasteiger partial charge >= 0.3 is 0 Å². The molecule has 2 amide bonds. The summed E-state index contributed by atoms with van der Waals surface area (Å²) in [6, 6.07) is 14.7. The number of aromatic nitrogens is 4. The Hall–Kier alpha value is -4.17. The summed E-state index contributed by atoms with van der Waals surface area (Å²) in [7, 11) is 0. The molecule has 1 saturated heterocycles. The van der Waals surface area contributed by atoms with Gasteiger partial charge in [0, 0.05) is 36.5 Å². The number of nitrogens with one attached hydrogen (secondary N) is 3. The molecule has 0 bridgehead atoms. The molecule has 1 aliphatic heterocycles. The number of carbonyl (C=O) groups excluding carboxylic acids is 2. The predicted molar refractivity (Wildman–Crippen MR) is 140 cm³/mol. The summed E-state index contributed by atoms with van der Waals surface area (Å²) in [5.41, 5.74) is 2.00. The van der Waals surface area contributed by atoms with Crippen molar-refractivity contribution in [1.29, 1.82) is 5.26 Å². The molecule has 3 N–H and O–H groups in total. The van der Waals surface area contributed by atoms with Crippen LogP contribution in [0.15, 0.2) is 48.5 Å². The van der Waals surface area contributed by atoms with E-state index in [0.29, 0.717) is 55.6 Å². The Labute approximate surface area is 226 Å². The highest BCUT2D eigenvalue weighted by atomic mass is 19.1. The van der Waals surface area contributed by atoms with Gasteiger partial charge in [-0.1, -0.05) is 12.1 Å². The largest absolute Gasteiger partial charge is 0.341 e. The van der Waals surface area contributed by atoms with Gasteiger partial charge in [-0.05, 0) is 91.0 Å². The number of piperidine rings is 1. The first-order valence-corrected chi connectivity index (χ1v) is 13.3. The number of H-pyrrole nitrogens is 1. The van der Waals surface area contributed by atoms with E-state index in [1.165, 1.54) is 12.1 Å². The van der Waals surface area contributed by atoms with E-state index in [1.807, 2.05) is 23.1 Å². The van der Waals surface area contributed by atoms with Crippen LogP contribution in [0.1, 0.15) is 71.2 Å². The molecule has 202 valence electrons. The van der Waals surface area contributed by atoms with Crippen molar-refractivity contribution < 1.29 is 14.0 Å². The third kappa shape index (κ3) is 6.64. The smallest absolute Gasteiger partial charge is 0.251 e. The fourth-order valence-electron chi connectivity index (χ4n) is 5.22. The summed E-state index contributed by atoms with van der Waals surface area (Å²) in [5.74, 6) is 0.612. The molecule has 0 spiro atoms. The number of tetrazole rings is 1. The van der Waals surface area contributed by atoms with E-state index >= 15 is 0 Å². The van der Waals surface area contributed by atoms with Crippen LogP contribution in [-0.4, -0.2) is 69.1 Å². The molecule has 2 fully saturated rings. The van der Waals surface area contributed by atoms with E-state index in [2.05, 4.69) is 31.3 Å². The zero-order valence-corrected chi connectivity index (χ0v) is 21.5. The number of nitriles is 1. The minimum absolute atomic E-state index is 0.0956. The lowest BCUT2D eigenvalue weighted by atomic mass is 9.95. The number of carbonyl (C=O) groups is 2. The molecule has 39 heavy (non-hydrogen) atoms. The lowest BCUT2D eigenvalue weighted by Gasteiger charge is -2.33. The molecular weight excluding hydrogens is 499 g/mol. The number of amides is 2. The fraction of sp³-hybridized carbons (Fsp3) is 0.429. The SMILES string of the molecule is N#Cc1ccc(C(=O)N[C@@H](CCCNC2C[C@H]2c2ccc(F)cc2)C(=O)N2CCC(c3nnn[nH]3)CC2)cc1. The number of aromatic amines is 1. The van der Waals surface area contributed by atoms with E-state index in [4.69, 9.17) is 5.26 Å². The van der Waals surface area contributed by atoms with Crippen molar-refractivity contribution in [2.45, 2.75) is 56.0 Å². The van der Waals surface area contributed by atoms with Crippen LogP contribution in [0.4, 0.5) is 4.39 Å². The molecule has 5 rings (SSSR count). The second-order valence-electron chi connectivity index (χ2n) is 10.2. The third-order valence-corrected chi connectivity index (χ3v) is 7.60. The molecule has 3 atom stereocenters. The monoisotopic (exact) mass is 530 g/mol. The molecule has 3 aromatic rings. The molecular formula is C28H31FN8O2. The molecule has 11 heteroatoms. The highest BCUT2D eigenvalue weighted by Crippen LogP contribution is 2.40. The average Bonchev–Trinajstić information content (AvgIpc) is 3.53. The van der Waals surface area contributed by atoms with Crippen molar-refractivity contribution in [1.82, 2.24) is 36.2 Å². The summed E-state index contributed by atoms with van der Waals surface area (Å²) in [4.78, 5) is 28.3. The Balaban J connectivity index is 1.16. The lowest BCUT2D eigenvalue weighted by molar-refractivity contribution is -0.134. The van der Waals surface area contributed by atoms with Crippen LogP contribution in [0.3, 0.4) is 0 Å². The number of nitrogens with zero attached hydrogens (tertiary/aromatic N) is 5. The highest BCUT2D eigenvalue weighted by molar-refractivity contribution is 5.97. The first-order valence-electron chi connectivity index (χ1n) is 13.3. The maximum Gasteiger partial charge on any atom is 0.251 e. The number of likely N-dealkylation sites (tertiary alicyclic amines) is 1. The van der Waals surface area contributed by atoms with Crippen LogP contribution in [0, 0.1) is 17.1 Å². The minimum Gasteiger partial charge on any atom is -0.341 e. The topological polar surface area (TPSA) is 140 Å². The summed E-state index contributed by atoms with van der Waals surface area (Å²) in [6.07, 6.45) is 3.68. The van der Waals surface area contributed by atoms with Gasteiger partial charge in [0.25, 0.3) is 5.91 Å². The summed E-state index contributed by atoms with van der Waals surface area (Å²) < 4.78 is 13.2. The fourth-order valence-corrected chi connectivity index (χ4v) is 5.22. The van der Waals surface area contributed by atoms with Gasteiger partial charge < -0.3 is 15.5 Å². The molecule has 10 nitrogen and oxygen atoms in total. The van der Waals surface area contributed by atoms with Gasteiger partial charge in [-0.15, -0.1) is 5.10 Å². The van der Waals surface area contributed by atoms with Crippen LogP contribution >= 0.6 is 0 Å². The predicted octanol–water partition coefficient (Wildman–Crippen LogP) is 2.64. The Morgan fingerprint density at radius 3 is 2.54 bits per heavy atom. The van der Waals surface area contributed by atoms with E-state index in [1.54, 1.807) is 24.3 Å². The quantitative estimate of drug-likeness (QED) is 0.342. The Morgan fingerprint density at radius 2 is 1.87 bits per heavy atom. The van der Waals surface area contributed by atoms with Crippen molar-refractivity contribution in [3.8, 4) is 6.07 Å². The maximum atomic E-state index is 13.5. The van der Waals surface area contributed by atoms with E-state index < -0.39 is 6.04 Å². The van der Waals surface area contributed by atoms with Gasteiger partial charge in [0.15, 0.2) is 5.82 Å². The van der Waals surface area contributed by atoms with E-state index in [-0.39, 0.29) is 23.5 Å². The molecule has 0 radical (unpaired) electrons. The summed E-state index contributed by atoms with van der Waals surface area (Å²) in [5, 5.41) is 29.6. The molecule has 2 aliphatic rings. The second kappa shape index (κ2) is 12.1. The first kappa shape index (κ1) is 26.4. The molecule has 2 aromatic carbocycles. The normalized spacial score (nSPS) is 19.7. The zero-order chi connectivity index (χ0) is 27.2. The average molecular weight is 531 g/mol. The van der Waals surface area contributed by atoms with Crippen molar-refractivity contribution >= 4 is 11.8 Å². The van der Waals surface area contributed by atoms with Gasteiger partial charge in [-0.3, -0.25) is 9.59 Å². The number of halogens is 1. The van der Waals surface area contributed by atoms with Crippen LogP contribution in [-0.2, 0) is 4.79 Å². The second-order valence-corrected chi connectivity index (χ2v) is 10.2. The van der Waals surface area contributed by atoms with E-state index in [0.717, 1.165) is 30.7 Å². The highest BCUT2D eigenvalue weighted by Gasteiger charge is 2.38. The molecule has 1 aromatic heterocycles. The van der Waals surface area contributed by atoms with Gasteiger partial charge in [0.1, 0.15) is 11.9 Å². The van der Waals surface area contributed by atoms with Crippen molar-refractivity contribution in [2.75, 3.05) is 19.6 Å². The number of rotatable bonds is 10. The first-order chi connectivity index (χ1) is 19.0. The summed E-state index contributed by atoms with van der Waals surface area (Å²) in [6.45, 7) is 1.83. The van der Waals surface area contributed by atoms with Gasteiger partial charge in [0.05, 0.1) is 11.6 Å². The number of hydrogen-bond acceptors (Lipinski definition) is 7.